The molecule has 0 bridgehead atoms. The quantitative estimate of drug-likeness (QED) is 0.827. The predicted molar refractivity (Wildman–Crippen MR) is 80.3 cm³/mol. The van der Waals surface area contributed by atoms with Crippen LogP contribution < -0.4 is 0 Å². The zero-order chi connectivity index (χ0) is 13.8. The molecule has 1 atom stereocenters. The van der Waals surface area contributed by atoms with E-state index in [4.69, 9.17) is 0 Å². The summed E-state index contributed by atoms with van der Waals surface area (Å²) in [6.07, 6.45) is 2.56. The molecule has 0 spiro atoms. The van der Waals surface area contributed by atoms with Gasteiger partial charge in [0.1, 0.15) is 0 Å². The van der Waals surface area contributed by atoms with Gasteiger partial charge in [0.2, 0.25) is 5.91 Å². The Morgan fingerprint density at radius 3 is 2.20 bits per heavy atom. The third kappa shape index (κ3) is 2.74. The Balaban J connectivity index is 1.89. The standard InChI is InChI=1S/C18H19NO/c20-18-12-7-13-19(18)17(16-10-5-2-6-11-16)14-15-8-3-1-4-9-15/h1-6,8-11,17H,7,12-14H2/t17-/m1/s1. The highest BCUT2D eigenvalue weighted by molar-refractivity contribution is 5.78. The molecule has 1 aliphatic rings. The lowest BCUT2D eigenvalue weighted by atomic mass is 9.97. The third-order valence-corrected chi connectivity index (χ3v) is 3.94. The zero-order valence-corrected chi connectivity index (χ0v) is 11.5. The molecular weight excluding hydrogens is 246 g/mol. The van der Waals surface area contributed by atoms with Crippen LogP contribution in [0.5, 0.6) is 0 Å². The zero-order valence-electron chi connectivity index (χ0n) is 11.5. The Bertz CT molecular complexity index is 564. The van der Waals surface area contributed by atoms with Crippen LogP contribution >= 0.6 is 0 Å². The molecule has 1 amide bonds. The van der Waals surface area contributed by atoms with Crippen molar-refractivity contribution < 1.29 is 4.79 Å². The highest BCUT2D eigenvalue weighted by Gasteiger charge is 2.28. The SMILES string of the molecule is O=C1CCCN1[C@H](Cc1ccccc1)c1ccccc1. The van der Waals surface area contributed by atoms with E-state index >= 15 is 0 Å². The molecule has 2 aromatic rings. The van der Waals surface area contributed by atoms with Crippen molar-refractivity contribution in [2.45, 2.75) is 25.3 Å². The molecule has 2 aromatic carbocycles. The highest BCUT2D eigenvalue weighted by Crippen LogP contribution is 2.29. The van der Waals surface area contributed by atoms with Crippen LogP contribution in [0.3, 0.4) is 0 Å². The molecule has 0 unspecified atom stereocenters. The molecule has 2 heteroatoms. The second kappa shape index (κ2) is 5.91. The maximum atomic E-state index is 12.1. The Morgan fingerprint density at radius 2 is 1.60 bits per heavy atom. The minimum atomic E-state index is 0.161. The molecule has 1 fully saturated rings. The summed E-state index contributed by atoms with van der Waals surface area (Å²) in [7, 11) is 0. The number of likely N-dealkylation sites (tertiary alicyclic amines) is 1. The molecule has 1 heterocycles. The molecule has 0 radical (unpaired) electrons. The van der Waals surface area contributed by atoms with Crippen molar-refractivity contribution in [1.82, 2.24) is 4.90 Å². The fraction of sp³-hybridized carbons (Fsp3) is 0.278. The van der Waals surface area contributed by atoms with Gasteiger partial charge in [0.15, 0.2) is 0 Å². The van der Waals surface area contributed by atoms with E-state index in [1.165, 1.54) is 11.1 Å². The lowest BCUT2D eigenvalue weighted by Crippen LogP contribution is -2.31. The topological polar surface area (TPSA) is 20.3 Å². The van der Waals surface area contributed by atoms with Crippen LogP contribution in [-0.2, 0) is 11.2 Å². The first kappa shape index (κ1) is 12.9. The van der Waals surface area contributed by atoms with Crippen LogP contribution in [0.2, 0.25) is 0 Å². The van der Waals surface area contributed by atoms with Gasteiger partial charge in [-0.15, -0.1) is 0 Å². The summed E-state index contributed by atoms with van der Waals surface area (Å²) in [6.45, 7) is 0.880. The number of benzene rings is 2. The fourth-order valence-electron chi connectivity index (χ4n) is 2.92. The van der Waals surface area contributed by atoms with Gasteiger partial charge in [0.05, 0.1) is 6.04 Å². The second-order valence-corrected chi connectivity index (χ2v) is 5.31. The molecular formula is C18H19NO. The largest absolute Gasteiger partial charge is 0.335 e. The van der Waals surface area contributed by atoms with Crippen LogP contribution in [-0.4, -0.2) is 17.4 Å². The number of carbonyl (C=O) groups is 1. The maximum Gasteiger partial charge on any atom is 0.223 e. The van der Waals surface area contributed by atoms with E-state index in [0.29, 0.717) is 6.42 Å². The number of nitrogens with zero attached hydrogens (tertiary/aromatic N) is 1. The molecule has 1 aliphatic heterocycles. The summed E-state index contributed by atoms with van der Waals surface area (Å²) in [5.74, 6) is 0.287. The van der Waals surface area contributed by atoms with Gasteiger partial charge >= 0.3 is 0 Å². The van der Waals surface area contributed by atoms with Crippen molar-refractivity contribution in [3.63, 3.8) is 0 Å². The van der Waals surface area contributed by atoms with Crippen molar-refractivity contribution in [2.75, 3.05) is 6.54 Å². The van der Waals surface area contributed by atoms with Gasteiger partial charge < -0.3 is 4.90 Å². The molecule has 20 heavy (non-hydrogen) atoms. The summed E-state index contributed by atoms with van der Waals surface area (Å²) in [5.41, 5.74) is 2.51. The van der Waals surface area contributed by atoms with Crippen LogP contribution in [0, 0.1) is 0 Å². The van der Waals surface area contributed by atoms with Gasteiger partial charge in [0, 0.05) is 13.0 Å². The first-order valence-electron chi connectivity index (χ1n) is 7.23. The van der Waals surface area contributed by atoms with Crippen LogP contribution in [0.1, 0.15) is 30.0 Å². The van der Waals surface area contributed by atoms with E-state index < -0.39 is 0 Å². The Kier molecular flexibility index (Phi) is 3.82. The van der Waals surface area contributed by atoms with E-state index in [2.05, 4.69) is 36.4 Å². The van der Waals surface area contributed by atoms with Crippen molar-refractivity contribution in [1.29, 1.82) is 0 Å². The highest BCUT2D eigenvalue weighted by atomic mass is 16.2. The Labute approximate surface area is 120 Å². The summed E-state index contributed by atoms with van der Waals surface area (Å²) in [6, 6.07) is 20.9. The maximum absolute atomic E-state index is 12.1. The fourth-order valence-corrected chi connectivity index (χ4v) is 2.92. The van der Waals surface area contributed by atoms with Gasteiger partial charge in [-0.25, -0.2) is 0 Å². The predicted octanol–water partition coefficient (Wildman–Crippen LogP) is 3.59. The van der Waals surface area contributed by atoms with E-state index in [-0.39, 0.29) is 11.9 Å². The molecule has 0 saturated carbocycles. The molecule has 2 nitrogen and oxygen atoms in total. The van der Waals surface area contributed by atoms with Crippen LogP contribution in [0.15, 0.2) is 60.7 Å². The number of rotatable bonds is 4. The van der Waals surface area contributed by atoms with Gasteiger partial charge in [0.25, 0.3) is 0 Å². The first-order valence-corrected chi connectivity index (χ1v) is 7.23. The molecule has 1 saturated heterocycles. The summed E-state index contributed by atoms with van der Waals surface area (Å²) >= 11 is 0. The normalized spacial score (nSPS) is 16.4. The molecule has 0 aliphatic carbocycles. The van der Waals surface area contributed by atoms with Gasteiger partial charge in [-0.05, 0) is 24.0 Å². The van der Waals surface area contributed by atoms with Gasteiger partial charge in [-0.3, -0.25) is 4.79 Å². The number of carbonyl (C=O) groups excluding carboxylic acids is 1. The lowest BCUT2D eigenvalue weighted by molar-refractivity contribution is -0.129. The Morgan fingerprint density at radius 1 is 0.950 bits per heavy atom. The molecule has 102 valence electrons. The van der Waals surface area contributed by atoms with E-state index in [1.54, 1.807) is 0 Å². The average Bonchev–Trinajstić information content (AvgIpc) is 2.93. The number of amides is 1. The lowest BCUT2D eigenvalue weighted by Gasteiger charge is -2.28. The van der Waals surface area contributed by atoms with E-state index in [0.717, 1.165) is 19.4 Å². The summed E-state index contributed by atoms with van der Waals surface area (Å²) in [4.78, 5) is 14.1. The first-order chi connectivity index (χ1) is 9.84. The Hall–Kier alpha value is -2.09. The van der Waals surface area contributed by atoms with Crippen molar-refractivity contribution in [2.24, 2.45) is 0 Å². The van der Waals surface area contributed by atoms with E-state index in [1.807, 2.05) is 29.2 Å². The van der Waals surface area contributed by atoms with Crippen LogP contribution in [0.4, 0.5) is 0 Å². The van der Waals surface area contributed by atoms with Crippen molar-refractivity contribution in [3.8, 4) is 0 Å². The van der Waals surface area contributed by atoms with E-state index in [9.17, 15) is 4.79 Å². The third-order valence-electron chi connectivity index (χ3n) is 3.94. The number of hydrogen-bond donors (Lipinski definition) is 0. The molecule has 0 aromatic heterocycles. The second-order valence-electron chi connectivity index (χ2n) is 5.31. The minimum absolute atomic E-state index is 0.161. The minimum Gasteiger partial charge on any atom is -0.335 e. The van der Waals surface area contributed by atoms with Crippen molar-refractivity contribution >= 4 is 5.91 Å². The smallest absolute Gasteiger partial charge is 0.223 e. The average molecular weight is 265 g/mol. The van der Waals surface area contributed by atoms with Crippen molar-refractivity contribution in [3.05, 3.63) is 71.8 Å². The molecule has 3 rings (SSSR count). The monoisotopic (exact) mass is 265 g/mol. The molecule has 0 N–H and O–H groups in total. The van der Waals surface area contributed by atoms with Gasteiger partial charge in [-0.1, -0.05) is 60.7 Å². The number of hydrogen-bond acceptors (Lipinski definition) is 1. The summed E-state index contributed by atoms with van der Waals surface area (Å²) < 4.78 is 0. The summed E-state index contributed by atoms with van der Waals surface area (Å²) in [5, 5.41) is 0. The van der Waals surface area contributed by atoms with Gasteiger partial charge in [-0.2, -0.15) is 0 Å². The van der Waals surface area contributed by atoms with Crippen LogP contribution in [0.25, 0.3) is 0 Å².